The summed E-state index contributed by atoms with van der Waals surface area (Å²) in [5.41, 5.74) is -0.242. The maximum atomic E-state index is 12.6. The molecule has 0 spiro atoms. The second-order valence-corrected chi connectivity index (χ2v) is 7.56. The first kappa shape index (κ1) is 14.8. The number of hydrogen-bond acceptors (Lipinski definition) is 2. The van der Waals surface area contributed by atoms with Gasteiger partial charge in [0.25, 0.3) is 0 Å². The van der Waals surface area contributed by atoms with E-state index >= 15 is 0 Å². The van der Waals surface area contributed by atoms with E-state index < -0.39 is 0 Å². The molecule has 110 valence electrons. The summed E-state index contributed by atoms with van der Waals surface area (Å²) < 4.78 is 0. The number of aliphatic hydroxyl groups is 1. The molecule has 3 unspecified atom stereocenters. The van der Waals surface area contributed by atoms with E-state index in [0.717, 1.165) is 38.5 Å². The van der Waals surface area contributed by atoms with Crippen LogP contribution in [0.15, 0.2) is 0 Å². The Labute approximate surface area is 117 Å². The van der Waals surface area contributed by atoms with Crippen LogP contribution in [0.5, 0.6) is 0 Å². The van der Waals surface area contributed by atoms with Crippen molar-refractivity contribution in [1.29, 1.82) is 0 Å². The van der Waals surface area contributed by atoms with Crippen molar-refractivity contribution in [1.82, 2.24) is 5.32 Å². The average molecular weight is 267 g/mol. The molecule has 2 N–H and O–H groups in total. The summed E-state index contributed by atoms with van der Waals surface area (Å²) in [5, 5.41) is 13.0. The van der Waals surface area contributed by atoms with E-state index in [9.17, 15) is 9.90 Å². The summed E-state index contributed by atoms with van der Waals surface area (Å²) in [7, 11) is 0. The smallest absolute Gasteiger partial charge is 0.224 e. The normalized spacial score (nSPS) is 38.1. The molecule has 0 aromatic carbocycles. The fourth-order valence-corrected chi connectivity index (χ4v) is 4.12. The Morgan fingerprint density at radius 2 is 1.95 bits per heavy atom. The van der Waals surface area contributed by atoms with Crippen molar-refractivity contribution < 1.29 is 9.90 Å². The Balaban J connectivity index is 2.04. The molecule has 2 fully saturated rings. The van der Waals surface area contributed by atoms with Crippen LogP contribution in [0, 0.1) is 17.3 Å². The lowest BCUT2D eigenvalue weighted by molar-refractivity contribution is -0.131. The molecule has 19 heavy (non-hydrogen) atoms. The van der Waals surface area contributed by atoms with E-state index in [1.54, 1.807) is 0 Å². The van der Waals surface area contributed by atoms with Crippen LogP contribution in [-0.4, -0.2) is 23.2 Å². The van der Waals surface area contributed by atoms with Crippen LogP contribution in [0.3, 0.4) is 0 Å². The van der Waals surface area contributed by atoms with E-state index in [-0.39, 0.29) is 29.4 Å². The fraction of sp³-hybridized carbons (Fsp3) is 0.938. The highest BCUT2D eigenvalue weighted by molar-refractivity contribution is 5.80. The Bertz CT molecular complexity index is 340. The number of carbonyl (C=O) groups is 1. The van der Waals surface area contributed by atoms with E-state index in [1.807, 2.05) is 0 Å². The second kappa shape index (κ2) is 5.43. The van der Waals surface area contributed by atoms with Crippen LogP contribution >= 0.6 is 0 Å². The number of hydrogen-bond donors (Lipinski definition) is 2. The molecule has 2 aliphatic carbocycles. The van der Waals surface area contributed by atoms with Gasteiger partial charge in [-0.1, -0.05) is 40.0 Å². The van der Waals surface area contributed by atoms with Gasteiger partial charge in [0.1, 0.15) is 0 Å². The molecule has 0 bridgehead atoms. The van der Waals surface area contributed by atoms with Gasteiger partial charge in [-0.3, -0.25) is 4.79 Å². The summed E-state index contributed by atoms with van der Waals surface area (Å²) in [5.74, 6) is 0.886. The van der Waals surface area contributed by atoms with Crippen molar-refractivity contribution in [3.05, 3.63) is 0 Å². The predicted octanol–water partition coefficient (Wildman–Crippen LogP) is 2.87. The van der Waals surface area contributed by atoms with Gasteiger partial charge in [0.2, 0.25) is 5.91 Å². The molecule has 0 aromatic heterocycles. The minimum Gasteiger partial charge on any atom is -0.394 e. The van der Waals surface area contributed by atoms with Crippen LogP contribution in [0.2, 0.25) is 0 Å². The van der Waals surface area contributed by atoms with Crippen LogP contribution in [-0.2, 0) is 4.79 Å². The first-order valence-electron chi connectivity index (χ1n) is 7.81. The van der Waals surface area contributed by atoms with Gasteiger partial charge in [-0.25, -0.2) is 0 Å². The van der Waals surface area contributed by atoms with E-state index in [4.69, 9.17) is 0 Å². The SMILES string of the molecule is CC1CCCC(CO)(NC(=O)C2CCCC2(C)C)C1. The molecule has 2 saturated carbocycles. The van der Waals surface area contributed by atoms with Crippen molar-refractivity contribution in [2.24, 2.45) is 17.3 Å². The minimum atomic E-state index is -0.354. The maximum absolute atomic E-state index is 12.6. The van der Waals surface area contributed by atoms with Crippen molar-refractivity contribution in [3.63, 3.8) is 0 Å². The molecule has 0 heterocycles. The second-order valence-electron chi connectivity index (χ2n) is 7.56. The zero-order chi connectivity index (χ0) is 14.1. The fourth-order valence-electron chi connectivity index (χ4n) is 4.12. The third-order valence-corrected chi connectivity index (χ3v) is 5.36. The Morgan fingerprint density at radius 3 is 2.47 bits per heavy atom. The highest BCUT2D eigenvalue weighted by Crippen LogP contribution is 2.43. The van der Waals surface area contributed by atoms with Crippen LogP contribution in [0.25, 0.3) is 0 Å². The average Bonchev–Trinajstić information content (AvgIpc) is 2.69. The minimum absolute atomic E-state index is 0.0796. The Morgan fingerprint density at radius 1 is 1.26 bits per heavy atom. The van der Waals surface area contributed by atoms with Gasteiger partial charge in [0.15, 0.2) is 0 Å². The van der Waals surface area contributed by atoms with Crippen LogP contribution in [0.1, 0.15) is 65.7 Å². The van der Waals surface area contributed by atoms with Gasteiger partial charge in [-0.2, -0.15) is 0 Å². The lowest BCUT2D eigenvalue weighted by Crippen LogP contribution is -2.56. The molecule has 0 aromatic rings. The molecule has 0 saturated heterocycles. The third-order valence-electron chi connectivity index (χ3n) is 5.36. The van der Waals surface area contributed by atoms with E-state index in [0.29, 0.717) is 5.92 Å². The van der Waals surface area contributed by atoms with Crippen molar-refractivity contribution in [2.75, 3.05) is 6.61 Å². The van der Waals surface area contributed by atoms with Crippen molar-refractivity contribution in [3.8, 4) is 0 Å². The van der Waals surface area contributed by atoms with E-state index in [1.165, 1.54) is 6.42 Å². The van der Waals surface area contributed by atoms with Crippen molar-refractivity contribution in [2.45, 2.75) is 71.3 Å². The number of aliphatic hydroxyl groups excluding tert-OH is 1. The third kappa shape index (κ3) is 3.13. The quantitative estimate of drug-likeness (QED) is 0.826. The summed E-state index contributed by atoms with van der Waals surface area (Å²) in [6.45, 7) is 6.68. The highest BCUT2D eigenvalue weighted by atomic mass is 16.3. The lowest BCUT2D eigenvalue weighted by atomic mass is 9.75. The monoisotopic (exact) mass is 267 g/mol. The summed E-state index contributed by atoms with van der Waals surface area (Å²) in [6, 6.07) is 0. The van der Waals surface area contributed by atoms with Gasteiger partial charge >= 0.3 is 0 Å². The van der Waals surface area contributed by atoms with Gasteiger partial charge in [-0.15, -0.1) is 0 Å². The van der Waals surface area contributed by atoms with Crippen LogP contribution < -0.4 is 5.32 Å². The Hall–Kier alpha value is -0.570. The molecular weight excluding hydrogens is 238 g/mol. The number of amides is 1. The van der Waals surface area contributed by atoms with Crippen LogP contribution in [0.4, 0.5) is 0 Å². The lowest BCUT2D eigenvalue weighted by Gasteiger charge is -2.41. The largest absolute Gasteiger partial charge is 0.394 e. The van der Waals surface area contributed by atoms with Gasteiger partial charge in [-0.05, 0) is 37.0 Å². The molecule has 3 heteroatoms. The first-order chi connectivity index (χ1) is 8.88. The topological polar surface area (TPSA) is 49.3 Å². The molecule has 2 rings (SSSR count). The number of carbonyl (C=O) groups excluding carboxylic acids is 1. The number of nitrogens with one attached hydrogen (secondary N) is 1. The summed E-state index contributed by atoms with van der Waals surface area (Å²) in [4.78, 5) is 12.6. The highest BCUT2D eigenvalue weighted by Gasteiger charge is 2.43. The molecule has 1 amide bonds. The number of rotatable bonds is 3. The first-order valence-corrected chi connectivity index (χ1v) is 7.81. The maximum Gasteiger partial charge on any atom is 0.224 e. The van der Waals surface area contributed by atoms with Gasteiger partial charge < -0.3 is 10.4 Å². The van der Waals surface area contributed by atoms with Crippen molar-refractivity contribution >= 4 is 5.91 Å². The standard InChI is InChI=1S/C16H29NO2/c1-12-6-4-9-16(10-12,11-18)17-14(19)13-7-5-8-15(13,2)3/h12-13,18H,4-11H2,1-3H3,(H,17,19). The summed E-state index contributed by atoms with van der Waals surface area (Å²) >= 11 is 0. The molecule has 3 nitrogen and oxygen atoms in total. The predicted molar refractivity (Wildman–Crippen MR) is 76.7 cm³/mol. The Kier molecular flexibility index (Phi) is 4.24. The molecular formula is C16H29NO2. The molecule has 0 aliphatic heterocycles. The van der Waals surface area contributed by atoms with Gasteiger partial charge in [0, 0.05) is 5.92 Å². The van der Waals surface area contributed by atoms with Gasteiger partial charge in [0.05, 0.1) is 12.1 Å². The zero-order valence-corrected chi connectivity index (χ0v) is 12.7. The molecule has 0 radical (unpaired) electrons. The zero-order valence-electron chi connectivity index (χ0n) is 12.7. The molecule has 3 atom stereocenters. The van der Waals surface area contributed by atoms with E-state index in [2.05, 4.69) is 26.1 Å². The summed E-state index contributed by atoms with van der Waals surface area (Å²) in [6.07, 6.45) is 7.44. The molecule has 2 aliphatic rings.